The summed E-state index contributed by atoms with van der Waals surface area (Å²) in [5.41, 5.74) is 2.24. The molecule has 4 heteroatoms. The molecule has 3 rings (SSSR count). The van der Waals surface area contributed by atoms with Gasteiger partial charge in [-0.15, -0.1) is 0 Å². The molecule has 1 aliphatic heterocycles. The molecule has 1 atom stereocenters. The van der Waals surface area contributed by atoms with E-state index in [2.05, 4.69) is 34.8 Å². The lowest BCUT2D eigenvalue weighted by Crippen LogP contribution is -2.12. The van der Waals surface area contributed by atoms with Crippen LogP contribution in [0.2, 0.25) is 0 Å². The second-order valence-electron chi connectivity index (χ2n) is 5.75. The van der Waals surface area contributed by atoms with Gasteiger partial charge in [0.2, 0.25) is 0 Å². The maximum atomic E-state index is 4.77. The molecule has 19 heavy (non-hydrogen) atoms. The van der Waals surface area contributed by atoms with Crippen LogP contribution in [-0.4, -0.2) is 27.6 Å². The number of nitrogens with zero attached hydrogens (tertiary/aromatic N) is 3. The van der Waals surface area contributed by atoms with E-state index in [-0.39, 0.29) is 0 Å². The van der Waals surface area contributed by atoms with E-state index in [1.54, 1.807) is 0 Å². The van der Waals surface area contributed by atoms with E-state index >= 15 is 0 Å². The molecule has 1 fully saturated rings. The molecule has 1 N–H and O–H groups in total. The highest BCUT2D eigenvalue weighted by Crippen LogP contribution is 2.23. The molecule has 1 aliphatic rings. The van der Waals surface area contributed by atoms with Crippen molar-refractivity contribution in [2.45, 2.75) is 39.2 Å². The molecule has 0 amide bonds. The largest absolute Gasteiger partial charge is 0.325 e. The van der Waals surface area contributed by atoms with Gasteiger partial charge in [-0.1, -0.05) is 0 Å². The smallest absolute Gasteiger partial charge is 0.110 e. The summed E-state index contributed by atoms with van der Waals surface area (Å²) in [7, 11) is 0. The van der Waals surface area contributed by atoms with Gasteiger partial charge in [-0.3, -0.25) is 4.98 Å². The van der Waals surface area contributed by atoms with Crippen molar-refractivity contribution in [2.75, 3.05) is 13.1 Å². The van der Waals surface area contributed by atoms with Crippen molar-refractivity contribution in [1.29, 1.82) is 0 Å². The van der Waals surface area contributed by atoms with E-state index < -0.39 is 0 Å². The Morgan fingerprint density at radius 1 is 1.47 bits per heavy atom. The summed E-state index contributed by atoms with van der Waals surface area (Å²) in [6.07, 6.45) is 7.33. The van der Waals surface area contributed by atoms with Crippen molar-refractivity contribution in [3.63, 3.8) is 0 Å². The number of nitrogens with one attached hydrogen (secondary N) is 1. The molecule has 4 nitrogen and oxygen atoms in total. The highest BCUT2D eigenvalue weighted by molar-refractivity contribution is 5.74. The van der Waals surface area contributed by atoms with Crippen LogP contribution in [-0.2, 0) is 6.42 Å². The Labute approximate surface area is 114 Å². The van der Waals surface area contributed by atoms with Gasteiger partial charge < -0.3 is 9.88 Å². The number of aromatic nitrogens is 3. The van der Waals surface area contributed by atoms with Crippen LogP contribution in [0, 0.1) is 5.92 Å². The van der Waals surface area contributed by atoms with Crippen molar-refractivity contribution in [3.05, 3.63) is 24.3 Å². The summed E-state index contributed by atoms with van der Waals surface area (Å²) in [6, 6.07) is 2.52. The number of fused-ring (bicyclic) bond motifs is 1. The SMILES string of the molecule is CC(C)n1c(CCC2CCNC2)nc2cnccc21. The second-order valence-corrected chi connectivity index (χ2v) is 5.75. The molecular formula is C15H22N4. The minimum Gasteiger partial charge on any atom is -0.325 e. The fourth-order valence-electron chi connectivity index (χ4n) is 3.05. The minimum atomic E-state index is 0.448. The van der Waals surface area contributed by atoms with Gasteiger partial charge in [-0.05, 0) is 51.8 Å². The predicted molar refractivity (Wildman–Crippen MR) is 77.2 cm³/mol. The predicted octanol–water partition coefficient (Wildman–Crippen LogP) is 2.55. The zero-order valence-corrected chi connectivity index (χ0v) is 11.8. The molecule has 0 aromatic carbocycles. The quantitative estimate of drug-likeness (QED) is 0.916. The Hall–Kier alpha value is -1.42. The molecule has 0 radical (unpaired) electrons. The summed E-state index contributed by atoms with van der Waals surface area (Å²) >= 11 is 0. The summed E-state index contributed by atoms with van der Waals surface area (Å²) in [4.78, 5) is 8.95. The first kappa shape index (κ1) is 12.6. The molecule has 1 unspecified atom stereocenters. The van der Waals surface area contributed by atoms with Gasteiger partial charge in [0.25, 0.3) is 0 Å². The first-order valence-corrected chi connectivity index (χ1v) is 7.27. The molecule has 2 aromatic rings. The molecule has 0 spiro atoms. The Morgan fingerprint density at radius 2 is 2.37 bits per heavy atom. The van der Waals surface area contributed by atoms with Crippen LogP contribution in [0.5, 0.6) is 0 Å². The molecule has 102 valence electrons. The van der Waals surface area contributed by atoms with Crippen molar-refractivity contribution in [1.82, 2.24) is 19.9 Å². The van der Waals surface area contributed by atoms with Gasteiger partial charge in [0.1, 0.15) is 11.3 Å². The second kappa shape index (κ2) is 5.29. The highest BCUT2D eigenvalue weighted by atomic mass is 15.1. The van der Waals surface area contributed by atoms with E-state index in [4.69, 9.17) is 4.98 Å². The van der Waals surface area contributed by atoms with Crippen molar-refractivity contribution in [2.24, 2.45) is 5.92 Å². The number of imidazole rings is 1. The Bertz CT molecular complexity index is 552. The molecule has 3 heterocycles. The summed E-state index contributed by atoms with van der Waals surface area (Å²) in [5, 5.41) is 3.44. The zero-order chi connectivity index (χ0) is 13.2. The standard InChI is InChI=1S/C15H22N4/c1-11(2)19-14-6-8-17-10-13(14)18-15(19)4-3-12-5-7-16-9-12/h6,8,10-12,16H,3-5,7,9H2,1-2H3. The van der Waals surface area contributed by atoms with Gasteiger partial charge in [0.15, 0.2) is 0 Å². The summed E-state index contributed by atoms with van der Waals surface area (Å²) in [6.45, 7) is 6.79. The molecule has 1 saturated heterocycles. The number of hydrogen-bond acceptors (Lipinski definition) is 3. The Kier molecular flexibility index (Phi) is 3.51. The lowest BCUT2D eigenvalue weighted by Gasteiger charge is -2.14. The summed E-state index contributed by atoms with van der Waals surface area (Å²) < 4.78 is 2.36. The molecule has 0 aliphatic carbocycles. The Morgan fingerprint density at radius 3 is 3.11 bits per heavy atom. The van der Waals surface area contributed by atoms with E-state index in [9.17, 15) is 0 Å². The van der Waals surface area contributed by atoms with Gasteiger partial charge >= 0.3 is 0 Å². The molecule has 0 bridgehead atoms. The van der Waals surface area contributed by atoms with E-state index in [0.717, 1.165) is 17.9 Å². The lowest BCUT2D eigenvalue weighted by atomic mass is 10.0. The van der Waals surface area contributed by atoms with Crippen LogP contribution in [0.4, 0.5) is 0 Å². The fourth-order valence-corrected chi connectivity index (χ4v) is 3.05. The summed E-state index contributed by atoms with van der Waals surface area (Å²) in [5.74, 6) is 2.03. The zero-order valence-electron chi connectivity index (χ0n) is 11.8. The highest BCUT2D eigenvalue weighted by Gasteiger charge is 2.17. The Balaban J connectivity index is 1.86. The topological polar surface area (TPSA) is 42.7 Å². The number of rotatable bonds is 4. The first-order chi connectivity index (χ1) is 9.25. The van der Waals surface area contributed by atoms with E-state index in [1.807, 2.05) is 12.4 Å². The van der Waals surface area contributed by atoms with Crippen LogP contribution in [0.1, 0.15) is 38.6 Å². The normalized spacial score (nSPS) is 19.6. The third-order valence-electron chi connectivity index (χ3n) is 4.02. The number of hydrogen-bond donors (Lipinski definition) is 1. The van der Waals surface area contributed by atoms with E-state index in [0.29, 0.717) is 6.04 Å². The van der Waals surface area contributed by atoms with E-state index in [1.165, 1.54) is 37.3 Å². The average molecular weight is 258 g/mol. The average Bonchev–Trinajstić information content (AvgIpc) is 3.03. The van der Waals surface area contributed by atoms with Crippen molar-refractivity contribution >= 4 is 11.0 Å². The van der Waals surface area contributed by atoms with Crippen LogP contribution in [0.3, 0.4) is 0 Å². The van der Waals surface area contributed by atoms with Gasteiger partial charge in [-0.2, -0.15) is 0 Å². The van der Waals surface area contributed by atoms with Gasteiger partial charge in [-0.25, -0.2) is 4.98 Å². The molecule has 0 saturated carbocycles. The van der Waals surface area contributed by atoms with Gasteiger partial charge in [0, 0.05) is 18.7 Å². The monoisotopic (exact) mass is 258 g/mol. The van der Waals surface area contributed by atoms with Crippen LogP contribution in [0.15, 0.2) is 18.5 Å². The number of pyridine rings is 1. The maximum absolute atomic E-state index is 4.77. The van der Waals surface area contributed by atoms with Gasteiger partial charge in [0.05, 0.1) is 11.7 Å². The van der Waals surface area contributed by atoms with Crippen LogP contribution < -0.4 is 5.32 Å². The van der Waals surface area contributed by atoms with Crippen LogP contribution >= 0.6 is 0 Å². The third kappa shape index (κ3) is 2.50. The van der Waals surface area contributed by atoms with Crippen LogP contribution in [0.25, 0.3) is 11.0 Å². The lowest BCUT2D eigenvalue weighted by molar-refractivity contribution is 0.502. The fraction of sp³-hybridized carbons (Fsp3) is 0.600. The van der Waals surface area contributed by atoms with Crippen molar-refractivity contribution < 1.29 is 0 Å². The number of aryl methyl sites for hydroxylation is 1. The molecule has 2 aromatic heterocycles. The third-order valence-corrected chi connectivity index (χ3v) is 4.02. The molecular weight excluding hydrogens is 236 g/mol. The first-order valence-electron chi connectivity index (χ1n) is 7.27. The maximum Gasteiger partial charge on any atom is 0.110 e. The van der Waals surface area contributed by atoms with Crippen molar-refractivity contribution in [3.8, 4) is 0 Å². The minimum absolute atomic E-state index is 0.448.